The third-order valence-electron chi connectivity index (χ3n) is 5.26. The number of esters is 1. The smallest absolute Gasteiger partial charge is 0.338 e. The molecule has 1 aliphatic heterocycles. The molecule has 0 fully saturated rings. The topological polar surface area (TPSA) is 197 Å². The van der Waals surface area contributed by atoms with E-state index in [0.29, 0.717) is 0 Å². The van der Waals surface area contributed by atoms with Crippen LogP contribution in [0.2, 0.25) is 0 Å². The van der Waals surface area contributed by atoms with Crippen LogP contribution in [-0.4, -0.2) is 52.9 Å². The highest BCUT2D eigenvalue weighted by Gasteiger charge is 2.39. The summed E-state index contributed by atoms with van der Waals surface area (Å²) < 4.78 is 25.8. The summed E-state index contributed by atoms with van der Waals surface area (Å²) in [6, 6.07) is 4.45. The lowest BCUT2D eigenvalue weighted by Crippen LogP contribution is -2.35. The minimum atomic E-state index is -1.56. The lowest BCUT2D eigenvalue weighted by molar-refractivity contribution is -0.0200. The van der Waals surface area contributed by atoms with E-state index in [9.17, 15) is 50.0 Å². The normalized spacial score (nSPS) is 17.0. The lowest BCUT2D eigenvalue weighted by atomic mass is 9.93. The molecule has 3 aromatic carbocycles. The van der Waals surface area contributed by atoms with Crippen molar-refractivity contribution >= 4 is 5.97 Å². The second kappa shape index (κ2) is 7.99. The Kier molecular flexibility index (Phi) is 5.28. The highest BCUT2D eigenvalue weighted by atomic mass is 19.1. The van der Waals surface area contributed by atoms with Crippen LogP contribution in [0.25, 0.3) is 0 Å². The number of hydrogen-bond donors (Lipinski definition) is 8. The lowest BCUT2D eigenvalue weighted by Gasteiger charge is -2.34. The van der Waals surface area contributed by atoms with E-state index >= 15 is 0 Å². The fourth-order valence-corrected chi connectivity index (χ4v) is 3.59. The molecule has 34 heavy (non-hydrogen) atoms. The quantitative estimate of drug-likeness (QED) is 0.204. The summed E-state index contributed by atoms with van der Waals surface area (Å²) in [4.78, 5) is 12.7. The highest BCUT2D eigenvalue weighted by molar-refractivity contribution is 5.91. The Morgan fingerprint density at radius 1 is 0.824 bits per heavy atom. The number of hydrogen-bond acceptors (Lipinski definition) is 11. The zero-order chi connectivity index (χ0) is 24.9. The standard InChI is InChI=1S/C22H17FO11/c23-17-10(5-14(28)19(30)20(17)31)21-16(6-9-11(25)3-8(24)4-15(9)33-21)34-22(32)7-1-12(26)18(29)13(27)2-7/h1-5,16,21,24-31H,6H2/t16?,21-/m1/s1. The molecule has 3 aromatic rings. The van der Waals surface area contributed by atoms with E-state index in [1.807, 2.05) is 0 Å². The minimum absolute atomic E-state index is 0.0795. The third-order valence-corrected chi connectivity index (χ3v) is 5.26. The summed E-state index contributed by atoms with van der Waals surface area (Å²) in [5.41, 5.74) is -0.851. The van der Waals surface area contributed by atoms with E-state index in [-0.39, 0.29) is 17.7 Å². The second-order valence-corrected chi connectivity index (χ2v) is 7.49. The molecule has 1 aliphatic rings. The van der Waals surface area contributed by atoms with Crippen molar-refractivity contribution in [2.45, 2.75) is 18.6 Å². The number of aromatic hydroxyl groups is 8. The van der Waals surface area contributed by atoms with Crippen molar-refractivity contribution in [3.05, 3.63) is 52.8 Å². The summed E-state index contributed by atoms with van der Waals surface area (Å²) in [5.74, 6) is -9.30. The van der Waals surface area contributed by atoms with Crippen molar-refractivity contribution in [3.8, 4) is 51.7 Å². The molecule has 0 aromatic heterocycles. The monoisotopic (exact) mass is 476 g/mol. The number of benzene rings is 3. The highest BCUT2D eigenvalue weighted by Crippen LogP contribution is 2.47. The number of rotatable bonds is 3. The van der Waals surface area contributed by atoms with Gasteiger partial charge in [0.05, 0.1) is 5.56 Å². The fraction of sp³-hybridized carbons (Fsp3) is 0.136. The van der Waals surface area contributed by atoms with Gasteiger partial charge in [-0.25, -0.2) is 9.18 Å². The summed E-state index contributed by atoms with van der Waals surface area (Å²) >= 11 is 0. The second-order valence-electron chi connectivity index (χ2n) is 7.49. The molecule has 0 spiro atoms. The van der Waals surface area contributed by atoms with Crippen molar-refractivity contribution in [1.29, 1.82) is 0 Å². The van der Waals surface area contributed by atoms with Gasteiger partial charge in [0.15, 0.2) is 40.7 Å². The zero-order valence-corrected chi connectivity index (χ0v) is 16.9. The Labute approximate surface area is 189 Å². The number of halogens is 1. The van der Waals surface area contributed by atoms with Crippen LogP contribution >= 0.6 is 0 Å². The molecule has 0 aliphatic carbocycles. The van der Waals surface area contributed by atoms with Gasteiger partial charge in [0.25, 0.3) is 0 Å². The van der Waals surface area contributed by atoms with Gasteiger partial charge in [-0.05, 0) is 18.2 Å². The van der Waals surface area contributed by atoms with E-state index in [2.05, 4.69) is 0 Å². The van der Waals surface area contributed by atoms with Crippen LogP contribution in [0.5, 0.6) is 51.7 Å². The Hall–Kier alpha value is -4.74. The average molecular weight is 476 g/mol. The summed E-state index contributed by atoms with van der Waals surface area (Å²) in [6.07, 6.45) is -3.28. The van der Waals surface area contributed by atoms with Gasteiger partial charge in [-0.1, -0.05) is 0 Å². The molecule has 0 radical (unpaired) electrons. The zero-order valence-electron chi connectivity index (χ0n) is 16.9. The predicted molar refractivity (Wildman–Crippen MR) is 109 cm³/mol. The summed E-state index contributed by atoms with van der Waals surface area (Å²) in [7, 11) is 0. The number of fused-ring (bicyclic) bond motifs is 1. The van der Waals surface area contributed by atoms with E-state index in [1.54, 1.807) is 0 Å². The average Bonchev–Trinajstić information content (AvgIpc) is 2.78. The van der Waals surface area contributed by atoms with E-state index in [4.69, 9.17) is 9.47 Å². The van der Waals surface area contributed by atoms with Gasteiger partial charge in [-0.2, -0.15) is 0 Å². The van der Waals surface area contributed by atoms with Crippen molar-refractivity contribution in [3.63, 3.8) is 0 Å². The van der Waals surface area contributed by atoms with Crippen LogP contribution in [0.1, 0.15) is 27.6 Å². The van der Waals surface area contributed by atoms with Crippen LogP contribution in [0.4, 0.5) is 4.39 Å². The number of carbonyl (C=O) groups is 1. The van der Waals surface area contributed by atoms with Gasteiger partial charge in [0.2, 0.25) is 5.75 Å². The molecule has 1 heterocycles. The van der Waals surface area contributed by atoms with E-state index < -0.39 is 81.1 Å². The van der Waals surface area contributed by atoms with Gasteiger partial charge in [0.1, 0.15) is 23.4 Å². The maximum absolute atomic E-state index is 14.8. The first kappa shape index (κ1) is 22.5. The number of phenolic OH excluding ortho intramolecular Hbond substituents is 8. The number of phenols is 8. The van der Waals surface area contributed by atoms with E-state index in [0.717, 1.165) is 30.3 Å². The number of carbonyl (C=O) groups excluding carboxylic acids is 1. The van der Waals surface area contributed by atoms with Gasteiger partial charge >= 0.3 is 5.97 Å². The molecule has 4 rings (SSSR count). The largest absolute Gasteiger partial charge is 0.508 e. The Balaban J connectivity index is 1.79. The fourth-order valence-electron chi connectivity index (χ4n) is 3.59. The third kappa shape index (κ3) is 3.70. The van der Waals surface area contributed by atoms with Crippen molar-refractivity contribution in [2.75, 3.05) is 0 Å². The van der Waals surface area contributed by atoms with Crippen molar-refractivity contribution in [2.24, 2.45) is 0 Å². The van der Waals surface area contributed by atoms with Crippen molar-refractivity contribution < 1.29 is 59.5 Å². The molecule has 8 N–H and O–H groups in total. The first-order valence-electron chi connectivity index (χ1n) is 9.58. The van der Waals surface area contributed by atoms with Crippen LogP contribution in [-0.2, 0) is 11.2 Å². The van der Waals surface area contributed by atoms with Gasteiger partial charge in [0, 0.05) is 29.7 Å². The van der Waals surface area contributed by atoms with Crippen LogP contribution in [0.15, 0.2) is 30.3 Å². The molecule has 2 atom stereocenters. The first-order valence-corrected chi connectivity index (χ1v) is 9.58. The minimum Gasteiger partial charge on any atom is -0.508 e. The van der Waals surface area contributed by atoms with Crippen LogP contribution < -0.4 is 4.74 Å². The Morgan fingerprint density at radius 2 is 1.44 bits per heavy atom. The maximum Gasteiger partial charge on any atom is 0.338 e. The number of ether oxygens (including phenoxy) is 2. The molecule has 1 unspecified atom stereocenters. The molecular formula is C22H17FO11. The summed E-state index contributed by atoms with van der Waals surface area (Å²) in [6.45, 7) is 0. The Morgan fingerprint density at radius 3 is 2.09 bits per heavy atom. The van der Waals surface area contributed by atoms with Crippen LogP contribution in [0.3, 0.4) is 0 Å². The van der Waals surface area contributed by atoms with Crippen molar-refractivity contribution in [1.82, 2.24) is 0 Å². The predicted octanol–water partition coefficient (Wildman–Crippen LogP) is 2.37. The molecule has 0 bridgehead atoms. The SMILES string of the molecule is O=C(OC1Cc2c(O)cc(O)cc2O[C@@H]1c1cc(O)c(O)c(O)c1F)c1cc(O)c(O)c(O)c1. The van der Waals surface area contributed by atoms with Gasteiger partial charge in [-0.15, -0.1) is 0 Å². The maximum atomic E-state index is 14.8. The molecule has 12 heteroatoms. The molecule has 11 nitrogen and oxygen atoms in total. The van der Waals surface area contributed by atoms with Gasteiger partial charge < -0.3 is 50.3 Å². The molecule has 178 valence electrons. The molecule has 0 saturated carbocycles. The van der Waals surface area contributed by atoms with E-state index in [1.165, 1.54) is 0 Å². The van der Waals surface area contributed by atoms with Crippen LogP contribution in [0, 0.1) is 5.82 Å². The first-order chi connectivity index (χ1) is 16.0. The van der Waals surface area contributed by atoms with Gasteiger partial charge in [-0.3, -0.25) is 0 Å². The molecule has 0 saturated heterocycles. The summed E-state index contributed by atoms with van der Waals surface area (Å²) in [5, 5.41) is 77.9. The Bertz CT molecular complexity index is 1300. The molecule has 0 amide bonds. The molecular weight excluding hydrogens is 459 g/mol.